The minimum atomic E-state index is -1.50. The van der Waals surface area contributed by atoms with E-state index >= 15 is 0 Å². The number of thiazole rings is 1. The Labute approximate surface area is 128 Å². The van der Waals surface area contributed by atoms with Crippen molar-refractivity contribution < 1.29 is 9.90 Å². The zero-order valence-electron chi connectivity index (χ0n) is 12.4. The minimum Gasteiger partial charge on any atom is -0.375 e. The van der Waals surface area contributed by atoms with Gasteiger partial charge in [-0.05, 0) is 26.8 Å². The van der Waals surface area contributed by atoms with E-state index in [2.05, 4.69) is 4.98 Å². The Hall–Kier alpha value is -1.72. The van der Waals surface area contributed by atoms with E-state index < -0.39 is 5.60 Å². The Morgan fingerprint density at radius 1 is 1.38 bits per heavy atom. The molecule has 2 aromatic rings. The molecule has 0 bridgehead atoms. The lowest BCUT2D eigenvalue weighted by Crippen LogP contribution is -2.41. The minimum absolute atomic E-state index is 0.233. The molecule has 5 heteroatoms. The number of aryl methyl sites for hydroxylation is 2. The zero-order valence-corrected chi connectivity index (χ0v) is 13.2. The first kappa shape index (κ1) is 14.2. The number of amides is 1. The lowest BCUT2D eigenvalue weighted by molar-refractivity contribution is -0.136. The summed E-state index contributed by atoms with van der Waals surface area (Å²) < 4.78 is 0. The second-order valence-electron chi connectivity index (χ2n) is 5.49. The van der Waals surface area contributed by atoms with Crippen molar-refractivity contribution in [3.05, 3.63) is 45.4 Å². The van der Waals surface area contributed by atoms with E-state index in [-0.39, 0.29) is 12.3 Å². The summed E-state index contributed by atoms with van der Waals surface area (Å²) in [6.45, 7) is 6.35. The van der Waals surface area contributed by atoms with E-state index in [0.717, 1.165) is 22.0 Å². The highest BCUT2D eigenvalue weighted by Crippen LogP contribution is 2.42. The molecule has 1 aliphatic rings. The number of carbonyl (C=O) groups is 1. The summed E-state index contributed by atoms with van der Waals surface area (Å²) in [7, 11) is 0. The van der Waals surface area contributed by atoms with E-state index in [0.29, 0.717) is 12.1 Å². The van der Waals surface area contributed by atoms with Gasteiger partial charge in [-0.25, -0.2) is 4.98 Å². The Bertz CT molecular complexity index is 710. The number of rotatable bonds is 3. The number of benzene rings is 1. The molecule has 0 radical (unpaired) electrons. The molecule has 1 aliphatic heterocycles. The predicted molar refractivity (Wildman–Crippen MR) is 83.7 cm³/mol. The van der Waals surface area contributed by atoms with Gasteiger partial charge in [-0.1, -0.05) is 17.7 Å². The fraction of sp³-hybridized carbons (Fsp3) is 0.375. The third-order valence-electron chi connectivity index (χ3n) is 3.88. The van der Waals surface area contributed by atoms with Gasteiger partial charge in [0.15, 0.2) is 5.60 Å². The molecule has 0 fully saturated rings. The topological polar surface area (TPSA) is 53.4 Å². The van der Waals surface area contributed by atoms with Crippen molar-refractivity contribution in [2.24, 2.45) is 0 Å². The number of likely N-dealkylation sites (N-methyl/N-ethyl adjacent to an activating group) is 1. The molecular weight excluding hydrogens is 284 g/mol. The molecule has 0 saturated carbocycles. The zero-order chi connectivity index (χ0) is 15.2. The number of nitrogens with zero attached hydrogens (tertiary/aromatic N) is 2. The first-order chi connectivity index (χ1) is 9.95. The number of hydrogen-bond acceptors (Lipinski definition) is 4. The number of aliphatic hydroxyl groups is 1. The molecular formula is C16H18N2O2S. The molecule has 1 aromatic heterocycles. The van der Waals surface area contributed by atoms with Gasteiger partial charge in [0.05, 0.1) is 10.7 Å². The Balaban J connectivity index is 2.09. The summed E-state index contributed by atoms with van der Waals surface area (Å²) in [6, 6.07) is 5.79. The first-order valence-electron chi connectivity index (χ1n) is 7.02. The highest BCUT2D eigenvalue weighted by Gasteiger charge is 2.49. The number of aromatic nitrogens is 1. The molecule has 1 atom stereocenters. The molecule has 0 saturated heterocycles. The molecule has 0 aliphatic carbocycles. The van der Waals surface area contributed by atoms with E-state index in [9.17, 15) is 9.90 Å². The van der Waals surface area contributed by atoms with Crippen LogP contribution < -0.4 is 4.90 Å². The summed E-state index contributed by atoms with van der Waals surface area (Å²) in [5.41, 5.74) is 1.96. The van der Waals surface area contributed by atoms with Crippen LogP contribution in [0.3, 0.4) is 0 Å². The molecule has 3 rings (SSSR count). The lowest BCUT2D eigenvalue weighted by Gasteiger charge is -2.21. The summed E-state index contributed by atoms with van der Waals surface area (Å²) in [5.74, 6) is -0.251. The van der Waals surface area contributed by atoms with Crippen molar-refractivity contribution in [3.8, 4) is 0 Å². The summed E-state index contributed by atoms with van der Waals surface area (Å²) in [6.07, 6.45) is 0.233. The Kier molecular flexibility index (Phi) is 3.34. The molecule has 110 valence electrons. The van der Waals surface area contributed by atoms with Crippen LogP contribution in [0.25, 0.3) is 0 Å². The van der Waals surface area contributed by atoms with Crippen LogP contribution in [0.2, 0.25) is 0 Å². The number of fused-ring (bicyclic) bond motifs is 1. The quantitative estimate of drug-likeness (QED) is 0.948. The van der Waals surface area contributed by atoms with Gasteiger partial charge in [0.2, 0.25) is 0 Å². The molecule has 1 N–H and O–H groups in total. The number of anilines is 1. The van der Waals surface area contributed by atoms with Crippen molar-refractivity contribution in [2.45, 2.75) is 32.8 Å². The van der Waals surface area contributed by atoms with Crippen LogP contribution in [0, 0.1) is 13.8 Å². The standard InChI is InChI=1S/C16H18N2O2S/c1-4-18-13-6-5-10(2)7-12(13)16(20,15(18)19)8-14-17-11(3)9-21-14/h5-7,9,20H,4,8H2,1-3H3. The highest BCUT2D eigenvalue weighted by molar-refractivity contribution is 7.09. The second kappa shape index (κ2) is 4.93. The van der Waals surface area contributed by atoms with E-state index in [1.807, 2.05) is 44.4 Å². The number of carbonyl (C=O) groups excluding carboxylic acids is 1. The first-order valence-corrected chi connectivity index (χ1v) is 7.90. The molecule has 1 amide bonds. The van der Waals surface area contributed by atoms with Crippen molar-refractivity contribution in [1.29, 1.82) is 0 Å². The van der Waals surface area contributed by atoms with Gasteiger partial charge in [-0.2, -0.15) is 0 Å². The van der Waals surface area contributed by atoms with Crippen LogP contribution in [-0.4, -0.2) is 22.5 Å². The second-order valence-corrected chi connectivity index (χ2v) is 6.43. The van der Waals surface area contributed by atoms with Gasteiger partial charge in [0, 0.05) is 29.6 Å². The van der Waals surface area contributed by atoms with Gasteiger partial charge >= 0.3 is 0 Å². The van der Waals surface area contributed by atoms with Crippen molar-refractivity contribution in [1.82, 2.24) is 4.98 Å². The Morgan fingerprint density at radius 3 is 2.76 bits per heavy atom. The van der Waals surface area contributed by atoms with Crippen LogP contribution in [0.5, 0.6) is 0 Å². The van der Waals surface area contributed by atoms with Gasteiger partial charge in [-0.3, -0.25) is 4.79 Å². The molecule has 0 spiro atoms. The highest BCUT2D eigenvalue weighted by atomic mass is 32.1. The largest absolute Gasteiger partial charge is 0.375 e. The maximum Gasteiger partial charge on any atom is 0.264 e. The van der Waals surface area contributed by atoms with Crippen molar-refractivity contribution >= 4 is 22.9 Å². The average molecular weight is 302 g/mol. The number of hydrogen-bond donors (Lipinski definition) is 1. The van der Waals surface area contributed by atoms with E-state index in [1.54, 1.807) is 4.90 Å². The van der Waals surface area contributed by atoms with Crippen molar-refractivity contribution in [2.75, 3.05) is 11.4 Å². The lowest BCUT2D eigenvalue weighted by atomic mass is 9.91. The molecule has 1 unspecified atom stereocenters. The van der Waals surface area contributed by atoms with Gasteiger partial charge in [0.1, 0.15) is 0 Å². The van der Waals surface area contributed by atoms with Crippen LogP contribution in [-0.2, 0) is 16.8 Å². The van der Waals surface area contributed by atoms with Gasteiger partial charge in [0.25, 0.3) is 5.91 Å². The average Bonchev–Trinajstić information content (AvgIpc) is 2.93. The van der Waals surface area contributed by atoms with Crippen LogP contribution in [0.1, 0.15) is 28.8 Å². The summed E-state index contributed by atoms with van der Waals surface area (Å²) >= 11 is 1.48. The van der Waals surface area contributed by atoms with Crippen LogP contribution in [0.4, 0.5) is 5.69 Å². The van der Waals surface area contributed by atoms with Gasteiger partial charge < -0.3 is 10.0 Å². The Morgan fingerprint density at radius 2 is 2.14 bits per heavy atom. The normalized spacial score (nSPS) is 21.0. The SMILES string of the molecule is CCN1C(=O)C(O)(Cc2nc(C)cs2)c2cc(C)ccc21. The third-order valence-corrected chi connectivity index (χ3v) is 4.84. The molecule has 1 aromatic carbocycles. The van der Waals surface area contributed by atoms with E-state index in [4.69, 9.17) is 0 Å². The predicted octanol–water partition coefficient (Wildman–Crippen LogP) is 2.56. The smallest absolute Gasteiger partial charge is 0.264 e. The molecule has 2 heterocycles. The monoisotopic (exact) mass is 302 g/mol. The van der Waals surface area contributed by atoms with Crippen LogP contribution >= 0.6 is 11.3 Å². The fourth-order valence-electron chi connectivity index (χ4n) is 2.85. The van der Waals surface area contributed by atoms with Crippen LogP contribution in [0.15, 0.2) is 23.6 Å². The fourth-order valence-corrected chi connectivity index (χ4v) is 3.70. The summed E-state index contributed by atoms with van der Waals surface area (Å²) in [5, 5.41) is 13.8. The summed E-state index contributed by atoms with van der Waals surface area (Å²) in [4.78, 5) is 18.7. The molecule has 21 heavy (non-hydrogen) atoms. The molecule has 4 nitrogen and oxygen atoms in total. The maximum atomic E-state index is 12.7. The van der Waals surface area contributed by atoms with Gasteiger partial charge in [-0.15, -0.1) is 11.3 Å². The van der Waals surface area contributed by atoms with E-state index in [1.165, 1.54) is 11.3 Å². The third kappa shape index (κ3) is 2.17. The maximum absolute atomic E-state index is 12.7. The van der Waals surface area contributed by atoms with Crippen molar-refractivity contribution in [3.63, 3.8) is 0 Å².